The predicted octanol–water partition coefficient (Wildman–Crippen LogP) is 5.00. The molecule has 2 N–H and O–H groups in total. The van der Waals surface area contributed by atoms with Crippen LogP contribution in [-0.4, -0.2) is 18.4 Å². The van der Waals surface area contributed by atoms with Crippen molar-refractivity contribution < 1.29 is 14.3 Å². The highest BCUT2D eigenvalue weighted by molar-refractivity contribution is 6.44. The highest BCUT2D eigenvalue weighted by Crippen LogP contribution is 2.32. The summed E-state index contributed by atoms with van der Waals surface area (Å²) in [7, 11) is 0. The van der Waals surface area contributed by atoms with E-state index in [1.54, 1.807) is 42.5 Å². The van der Waals surface area contributed by atoms with E-state index in [9.17, 15) is 9.59 Å². The summed E-state index contributed by atoms with van der Waals surface area (Å²) >= 11 is 12.0. The van der Waals surface area contributed by atoms with Crippen LogP contribution in [-0.2, 0) is 9.59 Å². The van der Waals surface area contributed by atoms with Gasteiger partial charge in [0.25, 0.3) is 0 Å². The van der Waals surface area contributed by atoms with Crippen LogP contribution in [0.3, 0.4) is 0 Å². The fraction of sp³-hybridized carbons (Fsp3) is 0.263. The Morgan fingerprint density at radius 1 is 0.962 bits per heavy atom. The summed E-state index contributed by atoms with van der Waals surface area (Å²) in [4.78, 5) is 25.3. The first-order chi connectivity index (χ1) is 12.3. The standard InChI is InChI=1S/C19H20Cl2N2O3/c1-4-26-15-11-6-5-9-13(15)22-17(24)19(2,3)18(25)23-14-10-7-8-12(20)16(14)21/h5-11H,4H2,1-3H3,(H,22,24)(H,23,25). The van der Waals surface area contributed by atoms with E-state index in [-0.39, 0.29) is 5.02 Å². The minimum absolute atomic E-state index is 0.223. The highest BCUT2D eigenvalue weighted by atomic mass is 35.5. The predicted molar refractivity (Wildman–Crippen MR) is 105 cm³/mol. The number of ether oxygens (including phenoxy) is 1. The van der Waals surface area contributed by atoms with Crippen molar-refractivity contribution in [2.24, 2.45) is 5.41 Å². The average Bonchev–Trinajstić information content (AvgIpc) is 2.60. The quantitative estimate of drug-likeness (QED) is 0.677. The van der Waals surface area contributed by atoms with Gasteiger partial charge in [0.2, 0.25) is 11.8 Å². The minimum atomic E-state index is -1.36. The zero-order chi connectivity index (χ0) is 19.3. The lowest BCUT2D eigenvalue weighted by Gasteiger charge is -2.23. The molecule has 2 amide bonds. The number of hydrogen-bond donors (Lipinski definition) is 2. The van der Waals surface area contributed by atoms with Gasteiger partial charge in [0.1, 0.15) is 11.2 Å². The molecule has 2 rings (SSSR count). The number of rotatable bonds is 6. The van der Waals surface area contributed by atoms with Gasteiger partial charge in [-0.25, -0.2) is 0 Å². The van der Waals surface area contributed by atoms with Crippen LogP contribution >= 0.6 is 23.2 Å². The third-order valence-corrected chi connectivity index (χ3v) is 4.59. The Labute approximate surface area is 162 Å². The molecule has 0 bridgehead atoms. The normalized spacial score (nSPS) is 11.0. The second-order valence-electron chi connectivity index (χ2n) is 6.06. The number of nitrogens with one attached hydrogen (secondary N) is 2. The van der Waals surface area contributed by atoms with Crippen LogP contribution in [0, 0.1) is 5.41 Å². The van der Waals surface area contributed by atoms with E-state index >= 15 is 0 Å². The minimum Gasteiger partial charge on any atom is -0.492 e. The van der Waals surface area contributed by atoms with Crippen LogP contribution in [0.15, 0.2) is 42.5 Å². The van der Waals surface area contributed by atoms with Gasteiger partial charge in [-0.05, 0) is 45.0 Å². The Bertz CT molecular complexity index is 822. The second kappa shape index (κ2) is 8.43. The SMILES string of the molecule is CCOc1ccccc1NC(=O)C(C)(C)C(=O)Nc1cccc(Cl)c1Cl. The topological polar surface area (TPSA) is 67.4 Å². The van der Waals surface area contributed by atoms with E-state index < -0.39 is 17.2 Å². The first-order valence-electron chi connectivity index (χ1n) is 8.06. The van der Waals surface area contributed by atoms with Gasteiger partial charge >= 0.3 is 0 Å². The van der Waals surface area contributed by atoms with Crippen molar-refractivity contribution in [3.05, 3.63) is 52.5 Å². The maximum Gasteiger partial charge on any atom is 0.239 e. The molecule has 0 saturated heterocycles. The fourth-order valence-electron chi connectivity index (χ4n) is 2.11. The number of para-hydroxylation sites is 2. The number of amides is 2. The molecule has 0 aromatic heterocycles. The highest BCUT2D eigenvalue weighted by Gasteiger charge is 2.37. The van der Waals surface area contributed by atoms with Gasteiger partial charge in [0, 0.05) is 0 Å². The average molecular weight is 395 g/mol. The van der Waals surface area contributed by atoms with Gasteiger partial charge in [-0.2, -0.15) is 0 Å². The molecule has 0 unspecified atom stereocenters. The van der Waals surface area contributed by atoms with Gasteiger partial charge in [-0.15, -0.1) is 0 Å². The van der Waals surface area contributed by atoms with Crippen molar-refractivity contribution >= 4 is 46.4 Å². The molecule has 2 aromatic carbocycles. The Morgan fingerprint density at radius 2 is 1.54 bits per heavy atom. The molecule has 5 nitrogen and oxygen atoms in total. The molecule has 26 heavy (non-hydrogen) atoms. The van der Waals surface area contributed by atoms with Gasteiger partial charge in [-0.1, -0.05) is 41.4 Å². The zero-order valence-corrected chi connectivity index (χ0v) is 16.2. The van der Waals surface area contributed by atoms with Gasteiger partial charge in [0.15, 0.2) is 0 Å². The molecule has 0 fully saturated rings. The molecule has 0 radical (unpaired) electrons. The smallest absolute Gasteiger partial charge is 0.239 e. The molecule has 138 valence electrons. The molecule has 0 aliphatic heterocycles. The maximum atomic E-state index is 12.7. The second-order valence-corrected chi connectivity index (χ2v) is 6.85. The van der Waals surface area contributed by atoms with E-state index in [1.807, 2.05) is 6.92 Å². The molecule has 7 heteroatoms. The van der Waals surface area contributed by atoms with E-state index in [2.05, 4.69) is 10.6 Å². The van der Waals surface area contributed by atoms with E-state index in [0.717, 1.165) is 0 Å². The molecule has 0 heterocycles. The number of benzene rings is 2. The van der Waals surface area contributed by atoms with Gasteiger partial charge in [0.05, 0.1) is 28.0 Å². The van der Waals surface area contributed by atoms with Crippen molar-refractivity contribution in [3.8, 4) is 5.75 Å². The van der Waals surface area contributed by atoms with E-state index in [4.69, 9.17) is 27.9 Å². The van der Waals surface area contributed by atoms with Crippen LogP contribution < -0.4 is 15.4 Å². The molecular formula is C19H20Cl2N2O3. The number of hydrogen-bond acceptors (Lipinski definition) is 3. The molecule has 0 aliphatic carbocycles. The van der Waals surface area contributed by atoms with Crippen LogP contribution in [0.25, 0.3) is 0 Å². The summed E-state index contributed by atoms with van der Waals surface area (Å²) in [5.74, 6) is -0.439. The van der Waals surface area contributed by atoms with Crippen LogP contribution in [0.1, 0.15) is 20.8 Å². The third kappa shape index (κ3) is 4.48. The number of halogens is 2. The van der Waals surface area contributed by atoms with Gasteiger partial charge < -0.3 is 15.4 Å². The maximum absolute atomic E-state index is 12.7. The summed E-state index contributed by atoms with van der Waals surface area (Å²) in [6.07, 6.45) is 0. The third-order valence-electron chi connectivity index (χ3n) is 3.77. The zero-order valence-electron chi connectivity index (χ0n) is 14.7. The summed E-state index contributed by atoms with van der Waals surface area (Å²) in [5.41, 5.74) is -0.508. The summed E-state index contributed by atoms with van der Waals surface area (Å²) < 4.78 is 5.49. The number of carbonyl (C=O) groups excluding carboxylic acids is 2. The van der Waals surface area contributed by atoms with Crippen molar-refractivity contribution in [2.75, 3.05) is 17.2 Å². The van der Waals surface area contributed by atoms with Crippen LogP contribution in [0.5, 0.6) is 5.75 Å². The van der Waals surface area contributed by atoms with Crippen LogP contribution in [0.2, 0.25) is 10.0 Å². The summed E-state index contributed by atoms with van der Waals surface area (Å²) in [6.45, 7) is 5.37. The summed E-state index contributed by atoms with van der Waals surface area (Å²) in [6, 6.07) is 11.9. The molecule has 0 aliphatic rings. The van der Waals surface area contributed by atoms with Crippen molar-refractivity contribution in [1.29, 1.82) is 0 Å². The Hall–Kier alpha value is -2.24. The lowest BCUT2D eigenvalue weighted by Crippen LogP contribution is -2.41. The molecule has 0 atom stereocenters. The molecule has 2 aromatic rings. The number of anilines is 2. The fourth-order valence-corrected chi connectivity index (χ4v) is 2.46. The summed E-state index contributed by atoms with van der Waals surface area (Å²) in [5, 5.41) is 5.93. The largest absolute Gasteiger partial charge is 0.492 e. The monoisotopic (exact) mass is 394 g/mol. The van der Waals surface area contributed by atoms with Crippen molar-refractivity contribution in [3.63, 3.8) is 0 Å². The van der Waals surface area contributed by atoms with Crippen molar-refractivity contribution in [1.82, 2.24) is 0 Å². The Morgan fingerprint density at radius 3 is 2.19 bits per heavy atom. The first kappa shape index (κ1) is 20.1. The van der Waals surface area contributed by atoms with E-state index in [0.29, 0.717) is 28.8 Å². The van der Waals surface area contributed by atoms with Gasteiger partial charge in [-0.3, -0.25) is 9.59 Å². The molecular weight excluding hydrogens is 375 g/mol. The molecule has 0 spiro atoms. The first-order valence-corrected chi connectivity index (χ1v) is 8.81. The lowest BCUT2D eigenvalue weighted by molar-refractivity contribution is -0.135. The Balaban J connectivity index is 2.17. The number of carbonyl (C=O) groups is 2. The van der Waals surface area contributed by atoms with Crippen molar-refractivity contribution in [2.45, 2.75) is 20.8 Å². The van der Waals surface area contributed by atoms with E-state index in [1.165, 1.54) is 13.8 Å². The van der Waals surface area contributed by atoms with Crippen LogP contribution in [0.4, 0.5) is 11.4 Å². The molecule has 0 saturated carbocycles. The lowest BCUT2D eigenvalue weighted by atomic mass is 9.90. The Kier molecular flexibility index (Phi) is 6.51.